The van der Waals surface area contributed by atoms with E-state index in [0.717, 1.165) is 16.5 Å². The lowest BCUT2D eigenvalue weighted by atomic mass is 9.71. The van der Waals surface area contributed by atoms with Crippen molar-refractivity contribution in [1.82, 2.24) is 0 Å². The van der Waals surface area contributed by atoms with Gasteiger partial charge in [0.2, 0.25) is 0 Å². The highest BCUT2D eigenvalue weighted by Crippen LogP contribution is 2.41. The number of nitrogens with zero attached hydrogens (tertiary/aromatic N) is 1. The average molecular weight is 340 g/mol. The quantitative estimate of drug-likeness (QED) is 0.622. The number of halogens is 1. The fraction of sp³-hybridized carbons (Fsp3) is 0.222. The van der Waals surface area contributed by atoms with Gasteiger partial charge in [-0.3, -0.25) is 4.79 Å². The third-order valence-electron chi connectivity index (χ3n) is 3.68. The van der Waals surface area contributed by atoms with Crippen LogP contribution < -0.4 is 0 Å². The van der Waals surface area contributed by atoms with Gasteiger partial charge in [-0.1, -0.05) is 39.6 Å². The number of terminal acetylenes is 1. The molecule has 2 nitrogen and oxygen atoms in total. The molecule has 0 aromatic carbocycles. The standard InChI is InChI=1S/C18H14BrNO/c1-3-18-8-7-13(2)5-4-6-16(19)9-15(18)10-17(21)14(11-18)12-20/h1,4-6,9-11H,7-8H2,2H3/b6-4-,13-5+,16-9-. The smallest absolute Gasteiger partial charge is 0.196 e. The van der Waals surface area contributed by atoms with Gasteiger partial charge in [-0.25, -0.2) is 0 Å². The molecule has 1 atom stereocenters. The Morgan fingerprint density at radius 3 is 2.86 bits per heavy atom. The summed E-state index contributed by atoms with van der Waals surface area (Å²) in [4.78, 5) is 12.0. The molecule has 0 saturated carbocycles. The van der Waals surface area contributed by atoms with Gasteiger partial charge < -0.3 is 0 Å². The molecule has 0 spiro atoms. The van der Waals surface area contributed by atoms with E-state index in [1.54, 1.807) is 6.08 Å². The zero-order valence-electron chi connectivity index (χ0n) is 11.7. The van der Waals surface area contributed by atoms with Crippen LogP contribution in [0.2, 0.25) is 0 Å². The second kappa shape index (κ2) is 6.12. The van der Waals surface area contributed by atoms with Crippen molar-refractivity contribution in [1.29, 1.82) is 5.26 Å². The molecule has 0 aromatic rings. The lowest BCUT2D eigenvalue weighted by Crippen LogP contribution is -2.24. The van der Waals surface area contributed by atoms with Gasteiger partial charge in [0.1, 0.15) is 6.07 Å². The van der Waals surface area contributed by atoms with Crippen LogP contribution in [0.3, 0.4) is 0 Å². The minimum atomic E-state index is -0.710. The van der Waals surface area contributed by atoms with E-state index < -0.39 is 5.41 Å². The number of ketones is 1. The molecule has 0 fully saturated rings. The summed E-state index contributed by atoms with van der Waals surface area (Å²) in [7, 11) is 0. The second-order valence-corrected chi connectivity index (χ2v) is 6.07. The lowest BCUT2D eigenvalue weighted by molar-refractivity contribution is -0.111. The van der Waals surface area contributed by atoms with Gasteiger partial charge in [-0.2, -0.15) is 5.26 Å². The van der Waals surface area contributed by atoms with Crippen molar-refractivity contribution >= 4 is 21.7 Å². The van der Waals surface area contributed by atoms with Gasteiger partial charge >= 0.3 is 0 Å². The van der Waals surface area contributed by atoms with Crippen LogP contribution in [0, 0.1) is 29.1 Å². The Morgan fingerprint density at radius 2 is 2.19 bits per heavy atom. The number of fused-ring (bicyclic) bond motifs is 1. The largest absolute Gasteiger partial charge is 0.288 e. The summed E-state index contributed by atoms with van der Waals surface area (Å²) in [6.07, 6.45) is 18.1. The van der Waals surface area contributed by atoms with Gasteiger partial charge in [-0.15, -0.1) is 6.42 Å². The van der Waals surface area contributed by atoms with E-state index in [9.17, 15) is 4.79 Å². The maximum Gasteiger partial charge on any atom is 0.196 e. The van der Waals surface area contributed by atoms with Crippen LogP contribution in [0.4, 0.5) is 0 Å². The van der Waals surface area contributed by atoms with E-state index in [1.165, 1.54) is 11.6 Å². The SMILES string of the molecule is C#CC12C=C(C#N)C(=O)C=C1/C=C(Br)/C=C\C=C(/C)CC2. The fourth-order valence-corrected chi connectivity index (χ4v) is 2.80. The van der Waals surface area contributed by atoms with E-state index in [0.29, 0.717) is 6.42 Å². The molecule has 0 N–H and O–H groups in total. The molecule has 104 valence electrons. The minimum absolute atomic E-state index is 0.121. The highest BCUT2D eigenvalue weighted by atomic mass is 79.9. The summed E-state index contributed by atoms with van der Waals surface area (Å²) in [6, 6.07) is 1.94. The summed E-state index contributed by atoms with van der Waals surface area (Å²) < 4.78 is 0.834. The van der Waals surface area contributed by atoms with E-state index >= 15 is 0 Å². The van der Waals surface area contributed by atoms with Gasteiger partial charge in [0.25, 0.3) is 0 Å². The molecule has 0 saturated heterocycles. The van der Waals surface area contributed by atoms with Gasteiger partial charge in [0, 0.05) is 4.48 Å². The maximum atomic E-state index is 12.0. The summed E-state index contributed by atoms with van der Waals surface area (Å²) in [5.41, 5.74) is 1.36. The molecule has 21 heavy (non-hydrogen) atoms. The number of nitriles is 1. The number of allylic oxidation sites excluding steroid dienone is 10. The molecule has 2 aliphatic rings. The molecular weight excluding hydrogens is 326 g/mol. The lowest BCUT2D eigenvalue weighted by Gasteiger charge is -2.30. The van der Waals surface area contributed by atoms with Crippen molar-refractivity contribution in [3.05, 3.63) is 57.7 Å². The molecule has 0 aliphatic heterocycles. The Bertz CT molecular complexity index is 719. The van der Waals surface area contributed by atoms with Gasteiger partial charge in [0.15, 0.2) is 5.78 Å². The Morgan fingerprint density at radius 1 is 1.43 bits per heavy atom. The highest BCUT2D eigenvalue weighted by Gasteiger charge is 2.34. The predicted molar refractivity (Wildman–Crippen MR) is 87.2 cm³/mol. The molecule has 1 unspecified atom stereocenters. The normalized spacial score (nSPS) is 31.9. The number of carbonyl (C=O) groups excluding carboxylic acids is 1. The molecule has 0 bridgehead atoms. The zero-order chi connectivity index (χ0) is 15.5. The monoisotopic (exact) mass is 339 g/mol. The van der Waals surface area contributed by atoms with Gasteiger partial charge in [-0.05, 0) is 49.6 Å². The Balaban J connectivity index is 2.62. The van der Waals surface area contributed by atoms with Crippen LogP contribution in [0.15, 0.2) is 57.7 Å². The average Bonchev–Trinajstić information content (AvgIpc) is 2.46. The Kier molecular flexibility index (Phi) is 4.46. The van der Waals surface area contributed by atoms with Crippen molar-refractivity contribution in [3.8, 4) is 18.4 Å². The molecule has 3 heteroatoms. The summed E-state index contributed by atoms with van der Waals surface area (Å²) in [5, 5.41) is 9.11. The van der Waals surface area contributed by atoms with Crippen LogP contribution in [-0.4, -0.2) is 5.78 Å². The van der Waals surface area contributed by atoms with Crippen LogP contribution in [0.1, 0.15) is 19.8 Å². The molecular formula is C18H14BrNO. The van der Waals surface area contributed by atoms with Crippen molar-refractivity contribution in [2.45, 2.75) is 19.8 Å². The fourth-order valence-electron chi connectivity index (χ4n) is 2.40. The van der Waals surface area contributed by atoms with Crippen molar-refractivity contribution in [3.63, 3.8) is 0 Å². The molecule has 2 aliphatic carbocycles. The number of hydrogen-bond acceptors (Lipinski definition) is 2. The summed E-state index contributed by atoms with van der Waals surface area (Å²) in [5.74, 6) is 2.51. The van der Waals surface area contributed by atoms with E-state index in [1.807, 2.05) is 37.3 Å². The number of carbonyl (C=O) groups is 1. The van der Waals surface area contributed by atoms with Crippen molar-refractivity contribution in [2.24, 2.45) is 5.41 Å². The number of hydrogen-bond donors (Lipinski definition) is 0. The van der Waals surface area contributed by atoms with Crippen LogP contribution in [-0.2, 0) is 4.79 Å². The van der Waals surface area contributed by atoms with Crippen LogP contribution in [0.25, 0.3) is 0 Å². The second-order valence-electron chi connectivity index (χ2n) is 5.15. The number of rotatable bonds is 0. The summed E-state index contributed by atoms with van der Waals surface area (Å²) in [6.45, 7) is 2.04. The topological polar surface area (TPSA) is 40.9 Å². The van der Waals surface area contributed by atoms with Crippen LogP contribution in [0.5, 0.6) is 0 Å². The molecule has 0 amide bonds. The first-order valence-corrected chi connectivity index (χ1v) is 7.38. The minimum Gasteiger partial charge on any atom is -0.288 e. The van der Waals surface area contributed by atoms with Crippen LogP contribution >= 0.6 is 15.9 Å². The first-order valence-electron chi connectivity index (χ1n) is 6.59. The van der Waals surface area contributed by atoms with Gasteiger partial charge in [0.05, 0.1) is 11.0 Å². The molecule has 0 heterocycles. The molecule has 0 aromatic heterocycles. The first kappa shape index (κ1) is 15.3. The Labute approximate surface area is 133 Å². The van der Waals surface area contributed by atoms with E-state index in [2.05, 4.69) is 21.9 Å². The molecule has 2 rings (SSSR count). The van der Waals surface area contributed by atoms with E-state index in [4.69, 9.17) is 11.7 Å². The zero-order valence-corrected chi connectivity index (χ0v) is 13.3. The first-order chi connectivity index (χ1) is 10.0. The highest BCUT2D eigenvalue weighted by molar-refractivity contribution is 9.11. The predicted octanol–water partition coefficient (Wildman–Crippen LogP) is 4.14. The third kappa shape index (κ3) is 3.15. The van der Waals surface area contributed by atoms with Crippen molar-refractivity contribution < 1.29 is 4.79 Å². The third-order valence-corrected chi connectivity index (χ3v) is 4.17. The van der Waals surface area contributed by atoms with E-state index in [-0.39, 0.29) is 11.4 Å². The Hall–Kier alpha value is -2.10. The summed E-state index contributed by atoms with van der Waals surface area (Å²) >= 11 is 3.46. The maximum absolute atomic E-state index is 12.0. The van der Waals surface area contributed by atoms with Crippen molar-refractivity contribution in [2.75, 3.05) is 0 Å². The molecule has 0 radical (unpaired) electrons.